The van der Waals surface area contributed by atoms with Crippen LogP contribution in [0, 0.1) is 0 Å². The van der Waals surface area contributed by atoms with Crippen LogP contribution in [-0.2, 0) is 14.3 Å². The molecule has 1 aliphatic rings. The molecular formula is C28H36N2O5. The lowest BCUT2D eigenvalue weighted by atomic mass is 9.96. The van der Waals surface area contributed by atoms with E-state index in [0.717, 1.165) is 48.0 Å². The number of benzene rings is 1. The number of hydrogen-bond acceptors (Lipinski definition) is 5. The SMILES string of the molecule is C=C/C(C)=C(\C=C/C)c1c[nH]c(=O)c2cc(OC(C)C(=O)N3CCCCC3)ccc12.CCOC=O. The van der Waals surface area contributed by atoms with Crippen molar-refractivity contribution in [1.82, 2.24) is 9.88 Å². The summed E-state index contributed by atoms with van der Waals surface area (Å²) < 4.78 is 10.1. The topological polar surface area (TPSA) is 88.7 Å². The summed E-state index contributed by atoms with van der Waals surface area (Å²) in [6, 6.07) is 5.42. The van der Waals surface area contributed by atoms with Gasteiger partial charge in [0.2, 0.25) is 0 Å². The molecule has 1 aromatic heterocycles. The number of H-pyrrole nitrogens is 1. The molecule has 188 valence electrons. The highest BCUT2D eigenvalue weighted by Crippen LogP contribution is 2.29. The predicted molar refractivity (Wildman–Crippen MR) is 140 cm³/mol. The zero-order valence-corrected chi connectivity index (χ0v) is 21.1. The summed E-state index contributed by atoms with van der Waals surface area (Å²) >= 11 is 0. The highest BCUT2D eigenvalue weighted by atomic mass is 16.5. The van der Waals surface area contributed by atoms with E-state index in [1.807, 2.05) is 43.0 Å². The lowest BCUT2D eigenvalue weighted by molar-refractivity contribution is -0.138. The fraction of sp³-hybridized carbons (Fsp3) is 0.393. The summed E-state index contributed by atoms with van der Waals surface area (Å²) in [5.74, 6) is 0.511. The maximum Gasteiger partial charge on any atom is 0.293 e. The molecule has 1 aromatic carbocycles. The average Bonchev–Trinajstić information content (AvgIpc) is 2.88. The summed E-state index contributed by atoms with van der Waals surface area (Å²) in [5.41, 5.74) is 2.74. The van der Waals surface area contributed by atoms with Crippen LogP contribution in [0.25, 0.3) is 16.3 Å². The molecule has 1 atom stereocenters. The Bertz CT molecular complexity index is 1140. The van der Waals surface area contributed by atoms with Crippen LogP contribution in [0.15, 0.2) is 59.6 Å². The van der Waals surface area contributed by atoms with Crippen LogP contribution in [0.1, 0.15) is 52.5 Å². The second kappa shape index (κ2) is 13.9. The van der Waals surface area contributed by atoms with Crippen molar-refractivity contribution in [2.75, 3.05) is 19.7 Å². The molecule has 7 nitrogen and oxygen atoms in total. The Morgan fingerprint density at radius 2 is 1.94 bits per heavy atom. The van der Waals surface area contributed by atoms with Crippen LogP contribution in [0.2, 0.25) is 0 Å². The lowest BCUT2D eigenvalue weighted by Gasteiger charge is -2.29. The lowest BCUT2D eigenvalue weighted by Crippen LogP contribution is -2.43. The van der Waals surface area contributed by atoms with Crippen molar-refractivity contribution in [2.24, 2.45) is 0 Å². The van der Waals surface area contributed by atoms with Gasteiger partial charge in [-0.2, -0.15) is 0 Å². The third-order valence-corrected chi connectivity index (χ3v) is 5.79. The zero-order chi connectivity index (χ0) is 25.8. The van der Waals surface area contributed by atoms with E-state index in [1.165, 1.54) is 6.42 Å². The number of carbonyl (C=O) groups excluding carboxylic acids is 2. The summed E-state index contributed by atoms with van der Waals surface area (Å²) in [6.45, 7) is 13.8. The van der Waals surface area contributed by atoms with Gasteiger partial charge < -0.3 is 19.4 Å². The Morgan fingerprint density at radius 3 is 2.51 bits per heavy atom. The normalized spacial score (nSPS) is 15.0. The molecule has 0 bridgehead atoms. The first kappa shape index (κ1) is 27.6. The molecule has 35 heavy (non-hydrogen) atoms. The van der Waals surface area contributed by atoms with E-state index in [0.29, 0.717) is 24.2 Å². The Hall–Kier alpha value is -3.61. The molecule has 0 spiro atoms. The van der Waals surface area contributed by atoms with Crippen LogP contribution in [0.3, 0.4) is 0 Å². The number of nitrogens with one attached hydrogen (secondary N) is 1. The molecule has 0 saturated carbocycles. The van der Waals surface area contributed by atoms with Crippen molar-refractivity contribution in [3.8, 4) is 5.75 Å². The Kier molecular flexibility index (Phi) is 11.0. The van der Waals surface area contributed by atoms with E-state index in [1.54, 1.807) is 32.2 Å². The van der Waals surface area contributed by atoms with E-state index < -0.39 is 6.10 Å². The maximum atomic E-state index is 12.7. The first-order valence-corrected chi connectivity index (χ1v) is 12.0. The highest BCUT2D eigenvalue weighted by molar-refractivity contribution is 5.97. The van der Waals surface area contributed by atoms with Gasteiger partial charge in [-0.05, 0) is 81.7 Å². The molecular weight excluding hydrogens is 444 g/mol. The van der Waals surface area contributed by atoms with Gasteiger partial charge in [0.15, 0.2) is 6.10 Å². The first-order chi connectivity index (χ1) is 16.9. The molecule has 2 aromatic rings. The van der Waals surface area contributed by atoms with Gasteiger partial charge in [-0.15, -0.1) is 0 Å². The van der Waals surface area contributed by atoms with Crippen LogP contribution >= 0.6 is 0 Å². The van der Waals surface area contributed by atoms with Gasteiger partial charge in [-0.3, -0.25) is 14.4 Å². The van der Waals surface area contributed by atoms with Crippen molar-refractivity contribution < 1.29 is 19.1 Å². The van der Waals surface area contributed by atoms with Gasteiger partial charge in [-0.25, -0.2) is 0 Å². The number of ether oxygens (including phenoxy) is 2. The molecule has 0 aliphatic carbocycles. The van der Waals surface area contributed by atoms with Crippen LogP contribution < -0.4 is 10.3 Å². The van der Waals surface area contributed by atoms with Crippen LogP contribution in [-0.4, -0.2) is 48.1 Å². The van der Waals surface area contributed by atoms with Crippen molar-refractivity contribution in [1.29, 1.82) is 0 Å². The molecule has 0 radical (unpaired) electrons. The first-order valence-electron chi connectivity index (χ1n) is 12.0. The van der Waals surface area contributed by atoms with Gasteiger partial charge in [0.05, 0.1) is 12.0 Å². The van der Waals surface area contributed by atoms with E-state index in [-0.39, 0.29) is 11.5 Å². The summed E-state index contributed by atoms with van der Waals surface area (Å²) in [6.07, 6.45) is 10.2. The number of aromatic nitrogens is 1. The van der Waals surface area contributed by atoms with Crippen LogP contribution in [0.5, 0.6) is 5.75 Å². The molecule has 3 rings (SSSR count). The van der Waals surface area contributed by atoms with Gasteiger partial charge in [0.25, 0.3) is 17.9 Å². The standard InChI is InChI=1S/C25H30N2O3.C3H6O2/c1-5-10-20(17(3)6-2)23-16-26-24(28)22-15-19(11-12-21(22)23)30-18(4)25(29)27-13-8-7-9-14-27;1-2-5-3-4/h5-6,10-12,15-16,18H,2,7-9,13-14H2,1,3-4H3,(H,26,28);3H,2H2,1H3/b10-5-,20-17+;. The Labute approximate surface area is 207 Å². The number of carbonyl (C=O) groups is 2. The van der Waals surface area contributed by atoms with Crippen molar-refractivity contribution in [3.63, 3.8) is 0 Å². The minimum atomic E-state index is -0.593. The number of fused-ring (bicyclic) bond motifs is 1. The van der Waals surface area contributed by atoms with Crippen LogP contribution in [0.4, 0.5) is 0 Å². The van der Waals surface area contributed by atoms with Crippen molar-refractivity contribution >= 4 is 28.7 Å². The molecule has 1 N–H and O–H groups in total. The van der Waals surface area contributed by atoms with E-state index in [9.17, 15) is 14.4 Å². The van der Waals surface area contributed by atoms with Crippen molar-refractivity contribution in [3.05, 3.63) is 70.7 Å². The third kappa shape index (κ3) is 7.44. The van der Waals surface area contributed by atoms with Gasteiger partial charge in [0, 0.05) is 24.8 Å². The number of piperidine rings is 1. The minimum absolute atomic E-state index is 0.00244. The van der Waals surface area contributed by atoms with Crippen molar-refractivity contribution in [2.45, 2.75) is 53.1 Å². The third-order valence-electron chi connectivity index (χ3n) is 5.79. The minimum Gasteiger partial charge on any atom is -0.481 e. The molecule has 7 heteroatoms. The second-order valence-electron chi connectivity index (χ2n) is 8.24. The fourth-order valence-electron chi connectivity index (χ4n) is 3.94. The van der Waals surface area contributed by atoms with E-state index in [4.69, 9.17) is 4.74 Å². The Morgan fingerprint density at radius 1 is 1.23 bits per heavy atom. The monoisotopic (exact) mass is 480 g/mol. The number of hydrogen-bond donors (Lipinski definition) is 1. The molecule has 1 aliphatic heterocycles. The number of amides is 1. The summed E-state index contributed by atoms with van der Waals surface area (Å²) in [7, 11) is 0. The highest BCUT2D eigenvalue weighted by Gasteiger charge is 2.23. The Balaban J connectivity index is 0.000000784. The number of pyridine rings is 1. The number of allylic oxidation sites excluding steroid dienone is 5. The van der Waals surface area contributed by atoms with E-state index in [2.05, 4.69) is 16.3 Å². The smallest absolute Gasteiger partial charge is 0.293 e. The second-order valence-corrected chi connectivity index (χ2v) is 8.24. The van der Waals surface area contributed by atoms with Gasteiger partial charge >= 0.3 is 0 Å². The zero-order valence-electron chi connectivity index (χ0n) is 21.1. The van der Waals surface area contributed by atoms with Gasteiger partial charge in [0.1, 0.15) is 5.75 Å². The maximum absolute atomic E-state index is 12.7. The molecule has 1 fully saturated rings. The summed E-state index contributed by atoms with van der Waals surface area (Å²) in [4.78, 5) is 39.1. The van der Waals surface area contributed by atoms with Gasteiger partial charge in [-0.1, -0.05) is 24.8 Å². The molecule has 2 heterocycles. The largest absolute Gasteiger partial charge is 0.481 e. The fourth-order valence-corrected chi connectivity index (χ4v) is 3.94. The summed E-state index contributed by atoms with van der Waals surface area (Å²) in [5, 5.41) is 1.36. The number of rotatable bonds is 8. The quantitative estimate of drug-likeness (QED) is 0.423. The number of nitrogens with zero attached hydrogens (tertiary/aromatic N) is 1. The molecule has 1 unspecified atom stereocenters. The molecule has 1 saturated heterocycles. The predicted octanol–water partition coefficient (Wildman–Crippen LogP) is 5.02. The van der Waals surface area contributed by atoms with E-state index >= 15 is 0 Å². The average molecular weight is 481 g/mol. The molecule has 1 amide bonds. The number of aromatic amines is 1. The number of likely N-dealkylation sites (tertiary alicyclic amines) is 1.